The number of fused-ring (bicyclic) bond motifs is 2. The van der Waals surface area contributed by atoms with Crippen molar-refractivity contribution in [2.75, 3.05) is 0 Å². The summed E-state index contributed by atoms with van der Waals surface area (Å²) in [6, 6.07) is 4.47. The molecule has 0 aromatic heterocycles. The van der Waals surface area contributed by atoms with E-state index in [-0.39, 0.29) is 16.9 Å². The molecule has 12 heavy (non-hydrogen) atoms. The van der Waals surface area contributed by atoms with Crippen LogP contribution in [0.25, 0.3) is 0 Å². The molecule has 1 aromatic rings. The van der Waals surface area contributed by atoms with Gasteiger partial charge in [-0.1, -0.05) is 6.07 Å². The van der Waals surface area contributed by atoms with Crippen molar-refractivity contribution in [1.82, 2.24) is 5.32 Å². The van der Waals surface area contributed by atoms with E-state index in [2.05, 4.69) is 5.32 Å². The fourth-order valence-electron chi connectivity index (χ4n) is 1.15. The van der Waals surface area contributed by atoms with E-state index in [1.54, 1.807) is 6.07 Å². The standard InChI is InChI=1S/C8H5NO3/c10-6-4-2-1-3-5(6)8(12)9-7(4)11/h1-3H,(H2,9,10,11,12). The first-order chi connectivity index (χ1) is 5.70. The van der Waals surface area contributed by atoms with Gasteiger partial charge in [0.25, 0.3) is 11.8 Å². The largest absolute Gasteiger partial charge is 0.506 e. The van der Waals surface area contributed by atoms with E-state index in [0.717, 1.165) is 0 Å². The van der Waals surface area contributed by atoms with E-state index in [4.69, 9.17) is 0 Å². The maximum absolute atomic E-state index is 11.0. The van der Waals surface area contributed by atoms with Gasteiger partial charge in [0, 0.05) is 0 Å². The number of imide groups is 1. The molecule has 0 unspecified atom stereocenters. The van der Waals surface area contributed by atoms with Crippen molar-refractivity contribution in [2.24, 2.45) is 0 Å². The Kier molecular flexibility index (Phi) is 1.18. The van der Waals surface area contributed by atoms with E-state index in [1.165, 1.54) is 12.1 Å². The molecule has 1 aromatic carbocycles. The predicted molar refractivity (Wildman–Crippen MR) is 39.9 cm³/mol. The highest BCUT2D eigenvalue weighted by Gasteiger charge is 2.25. The zero-order valence-corrected chi connectivity index (χ0v) is 6.00. The topological polar surface area (TPSA) is 66.4 Å². The van der Waals surface area contributed by atoms with Crippen LogP contribution in [0.3, 0.4) is 0 Å². The van der Waals surface area contributed by atoms with Gasteiger partial charge in [0.05, 0.1) is 11.1 Å². The van der Waals surface area contributed by atoms with Crippen molar-refractivity contribution in [3.8, 4) is 5.75 Å². The molecule has 0 radical (unpaired) electrons. The third-order valence-electron chi connectivity index (χ3n) is 1.75. The van der Waals surface area contributed by atoms with Crippen LogP contribution in [0.1, 0.15) is 20.7 Å². The Bertz CT molecular complexity index is 352. The Labute approximate surface area is 67.8 Å². The number of phenols is 1. The summed E-state index contributed by atoms with van der Waals surface area (Å²) in [5.41, 5.74) is 0.291. The van der Waals surface area contributed by atoms with E-state index in [0.29, 0.717) is 0 Å². The van der Waals surface area contributed by atoms with Crippen molar-refractivity contribution >= 4 is 11.8 Å². The summed E-state index contributed by atoms with van der Waals surface area (Å²) in [5.74, 6) is -1.33. The highest BCUT2D eigenvalue weighted by molar-refractivity contribution is 6.17. The molecule has 1 heterocycles. The van der Waals surface area contributed by atoms with Gasteiger partial charge in [0.1, 0.15) is 5.75 Å². The number of aromatic hydroxyl groups is 1. The summed E-state index contributed by atoms with van der Waals surface area (Å²) < 4.78 is 0. The first-order valence-corrected chi connectivity index (χ1v) is 3.38. The number of hydrogen-bond acceptors (Lipinski definition) is 3. The first-order valence-electron chi connectivity index (χ1n) is 3.38. The number of carbonyl (C=O) groups is 2. The second-order valence-electron chi connectivity index (χ2n) is 2.48. The van der Waals surface area contributed by atoms with Crippen molar-refractivity contribution < 1.29 is 14.7 Å². The van der Waals surface area contributed by atoms with Crippen LogP contribution in [0.4, 0.5) is 0 Å². The molecule has 2 amide bonds. The molecule has 1 aliphatic heterocycles. The molecule has 0 atom stereocenters. The Hall–Kier alpha value is -1.84. The van der Waals surface area contributed by atoms with Crippen LogP contribution in [0, 0.1) is 0 Å². The SMILES string of the molecule is O=C1NC(=O)c2cccc1c2O. The van der Waals surface area contributed by atoms with Gasteiger partial charge in [-0.2, -0.15) is 0 Å². The summed E-state index contributed by atoms with van der Waals surface area (Å²) in [5, 5.41) is 11.4. The van der Waals surface area contributed by atoms with Gasteiger partial charge >= 0.3 is 0 Å². The number of para-hydroxylation sites is 1. The van der Waals surface area contributed by atoms with Crippen LogP contribution in [-0.2, 0) is 0 Å². The summed E-state index contributed by atoms with van der Waals surface area (Å²) in [7, 11) is 0. The molecular formula is C8H5NO3. The van der Waals surface area contributed by atoms with Crippen LogP contribution in [0.2, 0.25) is 0 Å². The smallest absolute Gasteiger partial charge is 0.261 e. The molecule has 0 spiro atoms. The van der Waals surface area contributed by atoms with E-state index in [9.17, 15) is 14.7 Å². The molecule has 60 valence electrons. The Balaban J connectivity index is 2.77. The number of phenolic OH excluding ortho intramolecular Hbond substituents is 1. The molecule has 2 rings (SSSR count). The number of rotatable bonds is 0. The third kappa shape index (κ3) is 0.717. The van der Waals surface area contributed by atoms with Gasteiger partial charge in [-0.15, -0.1) is 0 Å². The van der Waals surface area contributed by atoms with Gasteiger partial charge in [0.2, 0.25) is 0 Å². The fourth-order valence-corrected chi connectivity index (χ4v) is 1.15. The normalized spacial score (nSPS) is 14.3. The first kappa shape index (κ1) is 6.84. The summed E-state index contributed by atoms with van der Waals surface area (Å²) in [6.45, 7) is 0. The van der Waals surface area contributed by atoms with Gasteiger partial charge in [-0.05, 0) is 12.1 Å². The second kappa shape index (κ2) is 2.07. The molecule has 2 bridgehead atoms. The predicted octanol–water partition coefficient (Wildman–Crippen LogP) is 0.276. The lowest BCUT2D eigenvalue weighted by molar-refractivity contribution is 0.0834. The number of benzene rings is 1. The lowest BCUT2D eigenvalue weighted by Crippen LogP contribution is -2.34. The minimum atomic E-state index is -0.550. The quantitative estimate of drug-likeness (QED) is 0.539. The maximum atomic E-state index is 11.0. The molecule has 0 saturated carbocycles. The van der Waals surface area contributed by atoms with Crippen molar-refractivity contribution in [2.45, 2.75) is 0 Å². The Morgan fingerprint density at radius 1 is 1.08 bits per heavy atom. The minimum absolute atomic E-state index is 0.145. The van der Waals surface area contributed by atoms with E-state index in [1.807, 2.05) is 0 Å². The van der Waals surface area contributed by atoms with Crippen molar-refractivity contribution in [3.05, 3.63) is 29.3 Å². The average molecular weight is 163 g/mol. The Morgan fingerprint density at radius 3 is 2.08 bits per heavy atom. The van der Waals surface area contributed by atoms with Crippen LogP contribution < -0.4 is 5.32 Å². The summed E-state index contributed by atoms with van der Waals surface area (Å²) >= 11 is 0. The van der Waals surface area contributed by atoms with Gasteiger partial charge < -0.3 is 5.11 Å². The van der Waals surface area contributed by atoms with Gasteiger partial charge in [0.15, 0.2) is 0 Å². The minimum Gasteiger partial charge on any atom is -0.506 e. The maximum Gasteiger partial charge on any atom is 0.261 e. The summed E-state index contributed by atoms with van der Waals surface area (Å²) in [6.07, 6.45) is 0. The molecule has 0 aliphatic carbocycles. The molecule has 4 nitrogen and oxygen atoms in total. The number of carbonyl (C=O) groups excluding carboxylic acids is 2. The Morgan fingerprint density at radius 2 is 1.58 bits per heavy atom. The van der Waals surface area contributed by atoms with Gasteiger partial charge in [-0.3, -0.25) is 14.9 Å². The lowest BCUT2D eigenvalue weighted by Gasteiger charge is -2.13. The van der Waals surface area contributed by atoms with Crippen LogP contribution >= 0.6 is 0 Å². The van der Waals surface area contributed by atoms with Gasteiger partial charge in [-0.25, -0.2) is 0 Å². The van der Waals surface area contributed by atoms with E-state index >= 15 is 0 Å². The van der Waals surface area contributed by atoms with Crippen molar-refractivity contribution in [3.63, 3.8) is 0 Å². The fraction of sp³-hybridized carbons (Fsp3) is 0. The zero-order chi connectivity index (χ0) is 8.72. The van der Waals surface area contributed by atoms with Crippen molar-refractivity contribution in [1.29, 1.82) is 0 Å². The van der Waals surface area contributed by atoms with E-state index < -0.39 is 11.8 Å². The average Bonchev–Trinajstić information content (AvgIpc) is 2.01. The molecule has 0 fully saturated rings. The highest BCUT2D eigenvalue weighted by Crippen LogP contribution is 2.25. The molecule has 0 saturated heterocycles. The third-order valence-corrected chi connectivity index (χ3v) is 1.75. The molecule has 1 aliphatic rings. The number of hydrogen-bond donors (Lipinski definition) is 2. The second-order valence-corrected chi connectivity index (χ2v) is 2.48. The molecule has 4 heteroatoms. The lowest BCUT2D eigenvalue weighted by atomic mass is 10.0. The van der Waals surface area contributed by atoms with Crippen LogP contribution in [0.5, 0.6) is 5.75 Å². The van der Waals surface area contributed by atoms with Crippen LogP contribution in [-0.4, -0.2) is 16.9 Å². The number of amides is 2. The summed E-state index contributed by atoms with van der Waals surface area (Å²) in [4.78, 5) is 22.0. The molecule has 2 N–H and O–H groups in total. The highest BCUT2D eigenvalue weighted by atomic mass is 16.3. The monoisotopic (exact) mass is 163 g/mol. The zero-order valence-electron chi connectivity index (χ0n) is 6.00. The number of nitrogens with one attached hydrogen (secondary N) is 1. The molecular weight excluding hydrogens is 158 g/mol. The van der Waals surface area contributed by atoms with Crippen LogP contribution in [0.15, 0.2) is 18.2 Å².